The van der Waals surface area contributed by atoms with Crippen LogP contribution in [0.1, 0.15) is 58.3 Å². The van der Waals surface area contributed by atoms with E-state index in [-0.39, 0.29) is 0 Å². The highest BCUT2D eigenvalue weighted by atomic mass is 15.1. The molecule has 2 aliphatic rings. The Morgan fingerprint density at radius 2 is 2.00 bits per heavy atom. The molecule has 2 nitrogen and oxygen atoms in total. The molecule has 1 saturated heterocycles. The fourth-order valence-corrected chi connectivity index (χ4v) is 3.93. The first-order chi connectivity index (χ1) is 8.26. The van der Waals surface area contributed by atoms with Gasteiger partial charge in [0.05, 0.1) is 0 Å². The maximum atomic E-state index is 3.58. The molecule has 2 heteroatoms. The lowest BCUT2D eigenvalue weighted by atomic mass is 9.81. The van der Waals surface area contributed by atoms with Crippen LogP contribution in [0.2, 0.25) is 0 Å². The van der Waals surface area contributed by atoms with Crippen LogP contribution in [0.4, 0.5) is 0 Å². The van der Waals surface area contributed by atoms with Crippen molar-refractivity contribution in [2.75, 3.05) is 26.7 Å². The average molecular weight is 238 g/mol. The quantitative estimate of drug-likeness (QED) is 0.792. The minimum Gasteiger partial charge on any atom is -0.316 e. The molecule has 0 bridgehead atoms. The first kappa shape index (κ1) is 13.4. The standard InChI is InChI=1S/C15H30N2/c1-3-9-15(10-11-16-12-15)13-17(2)14-7-5-4-6-8-14/h14,16H,3-13H2,1-2H3. The second kappa shape index (κ2) is 6.19. The number of hydrogen-bond acceptors (Lipinski definition) is 2. The largest absolute Gasteiger partial charge is 0.316 e. The second-order valence-electron chi connectivity index (χ2n) is 6.38. The van der Waals surface area contributed by atoms with E-state index in [0.29, 0.717) is 5.41 Å². The fourth-order valence-electron chi connectivity index (χ4n) is 3.93. The Hall–Kier alpha value is -0.0800. The van der Waals surface area contributed by atoms with Gasteiger partial charge < -0.3 is 10.2 Å². The number of rotatable bonds is 5. The van der Waals surface area contributed by atoms with Gasteiger partial charge in [-0.25, -0.2) is 0 Å². The van der Waals surface area contributed by atoms with Crippen molar-refractivity contribution < 1.29 is 0 Å². The minimum absolute atomic E-state index is 0.584. The van der Waals surface area contributed by atoms with Crippen LogP contribution in [0.25, 0.3) is 0 Å². The summed E-state index contributed by atoms with van der Waals surface area (Å²) in [4.78, 5) is 2.68. The predicted octanol–water partition coefficient (Wildman–Crippen LogP) is 3.03. The number of nitrogens with one attached hydrogen (secondary N) is 1. The van der Waals surface area contributed by atoms with Gasteiger partial charge in [0.1, 0.15) is 0 Å². The van der Waals surface area contributed by atoms with Gasteiger partial charge in [-0.05, 0) is 44.7 Å². The van der Waals surface area contributed by atoms with Crippen LogP contribution in [0.15, 0.2) is 0 Å². The maximum absolute atomic E-state index is 3.58. The van der Waals surface area contributed by atoms with Crippen molar-refractivity contribution in [1.82, 2.24) is 10.2 Å². The third-order valence-electron chi connectivity index (χ3n) is 4.90. The lowest BCUT2D eigenvalue weighted by Crippen LogP contribution is -2.43. The van der Waals surface area contributed by atoms with Crippen LogP contribution in [0.5, 0.6) is 0 Å². The smallest absolute Gasteiger partial charge is 0.00924 e. The molecule has 17 heavy (non-hydrogen) atoms. The van der Waals surface area contributed by atoms with Gasteiger partial charge in [0, 0.05) is 19.1 Å². The summed E-state index contributed by atoms with van der Waals surface area (Å²) in [5, 5.41) is 3.58. The molecule has 0 radical (unpaired) electrons. The zero-order valence-electron chi connectivity index (χ0n) is 11.8. The zero-order chi connectivity index (χ0) is 12.1. The predicted molar refractivity (Wildman–Crippen MR) is 74.3 cm³/mol. The fraction of sp³-hybridized carbons (Fsp3) is 1.00. The lowest BCUT2D eigenvalue weighted by molar-refractivity contribution is 0.116. The summed E-state index contributed by atoms with van der Waals surface area (Å²) in [5.74, 6) is 0. The van der Waals surface area contributed by atoms with E-state index < -0.39 is 0 Å². The van der Waals surface area contributed by atoms with Gasteiger partial charge in [0.25, 0.3) is 0 Å². The van der Waals surface area contributed by atoms with E-state index in [1.165, 1.54) is 71.0 Å². The highest BCUT2D eigenvalue weighted by Gasteiger charge is 2.35. The van der Waals surface area contributed by atoms with Crippen LogP contribution >= 0.6 is 0 Å². The molecule has 1 heterocycles. The summed E-state index contributed by atoms with van der Waals surface area (Å²) in [6, 6.07) is 0.873. The summed E-state index contributed by atoms with van der Waals surface area (Å²) >= 11 is 0. The van der Waals surface area contributed by atoms with Crippen LogP contribution < -0.4 is 5.32 Å². The Labute approximate surface area is 107 Å². The summed E-state index contributed by atoms with van der Waals surface area (Å²) in [7, 11) is 2.37. The van der Waals surface area contributed by atoms with E-state index in [4.69, 9.17) is 0 Å². The Morgan fingerprint density at radius 3 is 2.59 bits per heavy atom. The van der Waals surface area contributed by atoms with Crippen molar-refractivity contribution in [3.8, 4) is 0 Å². The van der Waals surface area contributed by atoms with Crippen molar-refractivity contribution in [1.29, 1.82) is 0 Å². The monoisotopic (exact) mass is 238 g/mol. The lowest BCUT2D eigenvalue weighted by Gasteiger charge is -2.38. The highest BCUT2D eigenvalue weighted by Crippen LogP contribution is 2.33. The Bertz CT molecular complexity index is 215. The van der Waals surface area contributed by atoms with Crippen molar-refractivity contribution in [3.63, 3.8) is 0 Å². The van der Waals surface area contributed by atoms with E-state index in [2.05, 4.69) is 24.2 Å². The molecule has 1 unspecified atom stereocenters. The topological polar surface area (TPSA) is 15.3 Å². The molecule has 0 amide bonds. The molecule has 1 atom stereocenters. The molecule has 2 fully saturated rings. The van der Waals surface area contributed by atoms with E-state index >= 15 is 0 Å². The first-order valence-electron chi connectivity index (χ1n) is 7.67. The SMILES string of the molecule is CCCC1(CN(C)C2CCCCC2)CCNC1. The van der Waals surface area contributed by atoms with Gasteiger partial charge in [-0.2, -0.15) is 0 Å². The summed E-state index contributed by atoms with van der Waals surface area (Å²) in [5.41, 5.74) is 0.584. The summed E-state index contributed by atoms with van der Waals surface area (Å²) in [6.07, 6.45) is 11.4. The van der Waals surface area contributed by atoms with Crippen LogP contribution in [0, 0.1) is 5.41 Å². The average Bonchev–Trinajstić information content (AvgIpc) is 2.79. The van der Waals surface area contributed by atoms with Gasteiger partial charge in [-0.3, -0.25) is 0 Å². The van der Waals surface area contributed by atoms with Gasteiger partial charge >= 0.3 is 0 Å². The zero-order valence-corrected chi connectivity index (χ0v) is 11.8. The highest BCUT2D eigenvalue weighted by molar-refractivity contribution is 4.91. The van der Waals surface area contributed by atoms with Gasteiger partial charge in [0.2, 0.25) is 0 Å². The van der Waals surface area contributed by atoms with Crippen molar-refractivity contribution in [2.24, 2.45) is 5.41 Å². The van der Waals surface area contributed by atoms with E-state index in [1.54, 1.807) is 0 Å². The first-order valence-corrected chi connectivity index (χ1v) is 7.67. The van der Waals surface area contributed by atoms with Gasteiger partial charge in [0.15, 0.2) is 0 Å². The summed E-state index contributed by atoms with van der Waals surface area (Å²) < 4.78 is 0. The molecular formula is C15H30N2. The molecule has 1 saturated carbocycles. The van der Waals surface area contributed by atoms with Crippen molar-refractivity contribution in [2.45, 2.75) is 64.3 Å². The number of nitrogens with zero attached hydrogens (tertiary/aromatic N) is 1. The Balaban J connectivity index is 1.88. The molecule has 0 aromatic heterocycles. The van der Waals surface area contributed by atoms with Gasteiger partial charge in [-0.15, -0.1) is 0 Å². The Kier molecular flexibility index (Phi) is 4.87. The molecule has 1 N–H and O–H groups in total. The van der Waals surface area contributed by atoms with Crippen molar-refractivity contribution >= 4 is 0 Å². The molecular weight excluding hydrogens is 208 g/mol. The summed E-state index contributed by atoms with van der Waals surface area (Å²) in [6.45, 7) is 6.13. The van der Waals surface area contributed by atoms with E-state index in [9.17, 15) is 0 Å². The van der Waals surface area contributed by atoms with Crippen molar-refractivity contribution in [3.05, 3.63) is 0 Å². The van der Waals surface area contributed by atoms with Gasteiger partial charge in [-0.1, -0.05) is 32.6 Å². The molecule has 0 spiro atoms. The molecule has 1 aliphatic heterocycles. The Morgan fingerprint density at radius 1 is 1.24 bits per heavy atom. The van der Waals surface area contributed by atoms with Crippen LogP contribution in [-0.2, 0) is 0 Å². The molecule has 0 aromatic rings. The minimum atomic E-state index is 0.584. The van der Waals surface area contributed by atoms with Crippen LogP contribution in [0.3, 0.4) is 0 Å². The second-order valence-corrected chi connectivity index (χ2v) is 6.38. The molecule has 100 valence electrons. The molecule has 0 aromatic carbocycles. The third kappa shape index (κ3) is 3.45. The maximum Gasteiger partial charge on any atom is 0.00924 e. The van der Waals surface area contributed by atoms with Crippen LogP contribution in [-0.4, -0.2) is 37.6 Å². The third-order valence-corrected chi connectivity index (χ3v) is 4.90. The normalized spacial score (nSPS) is 31.2. The molecule has 2 rings (SSSR count). The molecule has 1 aliphatic carbocycles. The number of hydrogen-bond donors (Lipinski definition) is 1. The van der Waals surface area contributed by atoms with E-state index in [0.717, 1.165) is 6.04 Å². The van der Waals surface area contributed by atoms with E-state index in [1.807, 2.05) is 0 Å².